The summed E-state index contributed by atoms with van der Waals surface area (Å²) in [5, 5.41) is 10.1. The molecule has 1 heterocycles. The zero-order valence-electron chi connectivity index (χ0n) is 14.2. The Kier molecular flexibility index (Phi) is 6.91. The molecule has 0 aliphatic carbocycles. The van der Waals surface area contributed by atoms with Crippen LogP contribution >= 0.6 is 11.6 Å². The number of likely N-dealkylation sites (N-methyl/N-ethyl adjacent to an activating group) is 2. The van der Waals surface area contributed by atoms with Crippen molar-refractivity contribution < 1.29 is 9.59 Å². The van der Waals surface area contributed by atoms with Gasteiger partial charge in [-0.25, -0.2) is 9.67 Å². The van der Waals surface area contributed by atoms with Gasteiger partial charge < -0.3 is 10.6 Å². The molecule has 0 aliphatic rings. The molecule has 134 valence electrons. The molecule has 2 aromatic rings. The molecule has 8 nitrogen and oxygen atoms in total. The van der Waals surface area contributed by atoms with E-state index in [4.69, 9.17) is 11.6 Å². The summed E-state index contributed by atoms with van der Waals surface area (Å²) in [6, 6.07) is 5.11. The number of nitrogens with zero attached hydrogens (tertiary/aromatic N) is 4. The summed E-state index contributed by atoms with van der Waals surface area (Å²) in [6.07, 6.45) is 2.94. The van der Waals surface area contributed by atoms with Crippen molar-refractivity contribution in [1.29, 1.82) is 0 Å². The molecule has 2 amide bonds. The van der Waals surface area contributed by atoms with E-state index in [1.54, 1.807) is 23.1 Å². The maximum Gasteiger partial charge on any atom is 0.238 e. The van der Waals surface area contributed by atoms with E-state index in [1.165, 1.54) is 17.3 Å². The lowest BCUT2D eigenvalue weighted by Gasteiger charge is -2.19. The van der Waals surface area contributed by atoms with Gasteiger partial charge in [0.05, 0.1) is 24.5 Å². The molecular weight excluding hydrogens is 344 g/mol. The second kappa shape index (κ2) is 9.14. The molecule has 25 heavy (non-hydrogen) atoms. The monoisotopic (exact) mass is 364 g/mol. The normalized spacial score (nSPS) is 10.7. The number of anilines is 1. The van der Waals surface area contributed by atoms with Gasteiger partial charge >= 0.3 is 0 Å². The number of hydrogen-bond acceptors (Lipinski definition) is 5. The Hall–Kier alpha value is -2.45. The fourth-order valence-corrected chi connectivity index (χ4v) is 2.44. The van der Waals surface area contributed by atoms with E-state index in [9.17, 15) is 9.59 Å². The topological polar surface area (TPSA) is 92.2 Å². The number of hydrogen-bond donors (Lipinski definition) is 2. The number of aromatic nitrogens is 3. The average Bonchev–Trinajstić information content (AvgIpc) is 3.08. The van der Waals surface area contributed by atoms with Crippen LogP contribution in [0.3, 0.4) is 0 Å². The van der Waals surface area contributed by atoms with Gasteiger partial charge in [-0.05, 0) is 31.7 Å². The molecule has 2 rings (SSSR count). The van der Waals surface area contributed by atoms with Gasteiger partial charge in [-0.3, -0.25) is 14.5 Å². The predicted octanol–water partition coefficient (Wildman–Crippen LogP) is 1.32. The van der Waals surface area contributed by atoms with Gasteiger partial charge in [-0.15, -0.1) is 0 Å². The smallest absolute Gasteiger partial charge is 0.238 e. The van der Waals surface area contributed by atoms with Crippen molar-refractivity contribution in [2.45, 2.75) is 13.8 Å². The summed E-state index contributed by atoms with van der Waals surface area (Å²) < 4.78 is 1.54. The van der Waals surface area contributed by atoms with Gasteiger partial charge in [0.25, 0.3) is 0 Å². The van der Waals surface area contributed by atoms with Crippen LogP contribution in [0.2, 0.25) is 5.02 Å². The molecule has 0 bridgehead atoms. The Morgan fingerprint density at radius 3 is 2.64 bits per heavy atom. The first-order valence-corrected chi connectivity index (χ1v) is 8.34. The zero-order chi connectivity index (χ0) is 18.2. The first-order chi connectivity index (χ1) is 12.0. The largest absolute Gasteiger partial charge is 0.355 e. The molecule has 9 heteroatoms. The lowest BCUT2D eigenvalue weighted by atomic mass is 10.2. The molecule has 2 N–H and O–H groups in total. The van der Waals surface area contributed by atoms with Crippen LogP contribution in [0.25, 0.3) is 5.69 Å². The van der Waals surface area contributed by atoms with Gasteiger partial charge in [0, 0.05) is 11.6 Å². The van der Waals surface area contributed by atoms with Gasteiger partial charge in [0.1, 0.15) is 12.7 Å². The van der Waals surface area contributed by atoms with Crippen molar-refractivity contribution in [1.82, 2.24) is 25.0 Å². The minimum atomic E-state index is -0.241. The number of halogens is 1. The van der Waals surface area contributed by atoms with Crippen LogP contribution in [-0.4, -0.2) is 57.7 Å². The molecule has 0 unspecified atom stereocenters. The highest BCUT2D eigenvalue weighted by Crippen LogP contribution is 2.23. The van der Waals surface area contributed by atoms with Gasteiger partial charge in [-0.1, -0.05) is 18.5 Å². The zero-order valence-corrected chi connectivity index (χ0v) is 15.0. The second-order valence-electron chi connectivity index (χ2n) is 5.31. The third kappa shape index (κ3) is 5.54. The minimum Gasteiger partial charge on any atom is -0.355 e. The molecular formula is C16H21ClN6O2. The summed E-state index contributed by atoms with van der Waals surface area (Å²) in [7, 11) is 0. The number of nitrogens with one attached hydrogen (secondary N) is 2. The van der Waals surface area contributed by atoms with Crippen LogP contribution in [0.15, 0.2) is 30.9 Å². The second-order valence-corrected chi connectivity index (χ2v) is 5.74. The fraction of sp³-hybridized carbons (Fsp3) is 0.375. The minimum absolute atomic E-state index is 0.0942. The van der Waals surface area contributed by atoms with Crippen molar-refractivity contribution in [3.8, 4) is 5.69 Å². The number of carbonyl (C=O) groups is 2. The summed E-state index contributed by atoms with van der Waals surface area (Å²) in [4.78, 5) is 29.7. The number of benzene rings is 1. The van der Waals surface area contributed by atoms with E-state index in [1.807, 2.05) is 13.8 Å². The van der Waals surface area contributed by atoms with E-state index in [2.05, 4.69) is 20.7 Å². The van der Waals surface area contributed by atoms with Crippen molar-refractivity contribution in [2.75, 3.05) is 31.5 Å². The number of rotatable bonds is 8. The summed E-state index contributed by atoms with van der Waals surface area (Å²) in [5.74, 6) is -0.349. The summed E-state index contributed by atoms with van der Waals surface area (Å²) in [5.41, 5.74) is 1.18. The molecule has 1 aromatic carbocycles. The third-order valence-electron chi connectivity index (χ3n) is 3.45. The van der Waals surface area contributed by atoms with Crippen LogP contribution < -0.4 is 10.6 Å². The molecule has 0 atom stereocenters. The van der Waals surface area contributed by atoms with E-state index in [-0.39, 0.29) is 24.9 Å². The van der Waals surface area contributed by atoms with Crippen LogP contribution in [0.5, 0.6) is 0 Å². The highest BCUT2D eigenvalue weighted by atomic mass is 35.5. The Morgan fingerprint density at radius 2 is 2.00 bits per heavy atom. The highest BCUT2D eigenvalue weighted by Gasteiger charge is 2.15. The summed E-state index contributed by atoms with van der Waals surface area (Å²) >= 11 is 6.04. The third-order valence-corrected chi connectivity index (χ3v) is 3.69. The van der Waals surface area contributed by atoms with Crippen LogP contribution in [0.4, 0.5) is 5.69 Å². The van der Waals surface area contributed by atoms with Gasteiger partial charge in [0.15, 0.2) is 0 Å². The van der Waals surface area contributed by atoms with Crippen LogP contribution in [0, 0.1) is 0 Å². The predicted molar refractivity (Wildman–Crippen MR) is 95.8 cm³/mol. The van der Waals surface area contributed by atoms with Crippen molar-refractivity contribution in [3.63, 3.8) is 0 Å². The van der Waals surface area contributed by atoms with E-state index in [0.717, 1.165) is 0 Å². The molecule has 0 aliphatic heterocycles. The highest BCUT2D eigenvalue weighted by molar-refractivity contribution is 6.31. The number of amides is 2. The van der Waals surface area contributed by atoms with Crippen LogP contribution in [-0.2, 0) is 9.59 Å². The number of carbonyl (C=O) groups excluding carboxylic acids is 2. The van der Waals surface area contributed by atoms with Crippen molar-refractivity contribution in [3.05, 3.63) is 35.9 Å². The van der Waals surface area contributed by atoms with Crippen molar-refractivity contribution in [2.24, 2.45) is 0 Å². The molecule has 1 aromatic heterocycles. The first-order valence-electron chi connectivity index (χ1n) is 7.97. The van der Waals surface area contributed by atoms with Gasteiger partial charge in [0.2, 0.25) is 11.8 Å². The Balaban J connectivity index is 2.07. The molecule has 0 fully saturated rings. The Morgan fingerprint density at radius 1 is 1.24 bits per heavy atom. The maximum absolute atomic E-state index is 12.4. The fourth-order valence-electron chi connectivity index (χ4n) is 2.27. The lowest BCUT2D eigenvalue weighted by Crippen LogP contribution is -2.41. The van der Waals surface area contributed by atoms with E-state index in [0.29, 0.717) is 29.5 Å². The maximum atomic E-state index is 12.4. The SMILES string of the molecule is CCNC(=O)CN(CC)CC(=O)Nc1cc(Cl)ccc1-n1cncn1. The molecule has 0 saturated heterocycles. The average molecular weight is 365 g/mol. The van der Waals surface area contributed by atoms with Crippen molar-refractivity contribution >= 4 is 29.1 Å². The summed E-state index contributed by atoms with van der Waals surface area (Å²) in [6.45, 7) is 5.15. The van der Waals surface area contributed by atoms with E-state index >= 15 is 0 Å². The standard InChI is InChI=1S/C16H21ClN6O2/c1-3-19-15(24)8-22(4-2)9-16(25)21-13-7-12(17)5-6-14(13)23-11-18-10-20-23/h5-7,10-11H,3-4,8-9H2,1-2H3,(H,19,24)(H,21,25). The van der Waals surface area contributed by atoms with E-state index < -0.39 is 0 Å². The lowest BCUT2D eigenvalue weighted by molar-refractivity contribution is -0.123. The molecule has 0 spiro atoms. The Labute approximate surface area is 151 Å². The Bertz CT molecular complexity index is 719. The first kappa shape index (κ1) is 18.9. The van der Waals surface area contributed by atoms with Crippen LogP contribution in [0.1, 0.15) is 13.8 Å². The molecule has 0 saturated carbocycles. The van der Waals surface area contributed by atoms with Gasteiger partial charge in [-0.2, -0.15) is 5.10 Å². The molecule has 0 radical (unpaired) electrons. The quantitative estimate of drug-likeness (QED) is 0.737.